The van der Waals surface area contributed by atoms with Crippen LogP contribution in [0.3, 0.4) is 0 Å². The van der Waals surface area contributed by atoms with Crippen LogP contribution >= 0.6 is 0 Å². The van der Waals surface area contributed by atoms with E-state index in [4.69, 9.17) is 5.73 Å². The lowest BCUT2D eigenvalue weighted by atomic mass is 10.5. The fourth-order valence-corrected chi connectivity index (χ4v) is 0. The molecule has 0 rings (SSSR count). The van der Waals surface area contributed by atoms with Crippen LogP contribution in [0, 0.1) is 0 Å². The molecule has 4 N–H and O–H groups in total. The van der Waals surface area contributed by atoms with Crippen molar-refractivity contribution in [2.45, 2.75) is 27.7 Å². The molecule has 0 amide bonds. The van der Waals surface area contributed by atoms with Crippen LogP contribution in [-0.2, 0) is 0 Å². The van der Waals surface area contributed by atoms with Crippen LogP contribution in [0.2, 0.25) is 0 Å². The summed E-state index contributed by atoms with van der Waals surface area (Å²) >= 11 is 0. The molecule has 0 spiro atoms. The third-order valence-corrected chi connectivity index (χ3v) is 0.455. The summed E-state index contributed by atoms with van der Waals surface area (Å²) in [6.07, 6.45) is 3.11. The van der Waals surface area contributed by atoms with E-state index in [2.05, 4.69) is 12.3 Å². The lowest BCUT2D eigenvalue weighted by Crippen LogP contribution is -1.86. The highest BCUT2D eigenvalue weighted by molar-refractivity contribution is 4.86. The van der Waals surface area contributed by atoms with E-state index in [9.17, 15) is 0 Å². The van der Waals surface area contributed by atoms with Crippen molar-refractivity contribution in [3.05, 3.63) is 24.6 Å². The number of nitrogens with two attached hydrogens (primary N) is 2. The summed E-state index contributed by atoms with van der Waals surface area (Å²) in [7, 11) is 0. The Kier molecular flexibility index (Phi) is 39.0. The standard InChI is InChI=1S/C4H9N.C2H5N.C2H6/c1-3-4(2)5;1-2-3;1-2/h3H,5H2,1-2H3;2H,1,3H2;1-2H3/b4-3-;;. The zero-order chi connectivity index (χ0) is 8.99. The summed E-state index contributed by atoms with van der Waals surface area (Å²) in [6, 6.07) is 0. The molecule has 0 heterocycles. The van der Waals surface area contributed by atoms with Crippen molar-refractivity contribution in [1.29, 1.82) is 0 Å². The largest absolute Gasteiger partial charge is 0.405 e. The number of allylic oxidation sites excluding steroid dienone is 2. The average molecular weight is 144 g/mol. The highest BCUT2D eigenvalue weighted by atomic mass is 14.5. The zero-order valence-corrected chi connectivity index (χ0v) is 7.52. The van der Waals surface area contributed by atoms with Crippen LogP contribution in [0.1, 0.15) is 27.7 Å². The van der Waals surface area contributed by atoms with E-state index in [0.717, 1.165) is 5.70 Å². The van der Waals surface area contributed by atoms with Gasteiger partial charge in [0.05, 0.1) is 0 Å². The number of hydrogen-bond donors (Lipinski definition) is 2. The first-order chi connectivity index (χ1) is 4.68. The highest BCUT2D eigenvalue weighted by Gasteiger charge is 1.60. The Morgan fingerprint density at radius 1 is 1.40 bits per heavy atom. The zero-order valence-electron chi connectivity index (χ0n) is 7.52. The second kappa shape index (κ2) is 24.3. The first kappa shape index (κ1) is 16.0. The van der Waals surface area contributed by atoms with E-state index in [1.165, 1.54) is 6.20 Å². The Morgan fingerprint density at radius 3 is 1.50 bits per heavy atom. The predicted molar refractivity (Wildman–Crippen MR) is 49.4 cm³/mol. The van der Waals surface area contributed by atoms with Gasteiger partial charge < -0.3 is 11.5 Å². The summed E-state index contributed by atoms with van der Waals surface area (Å²) in [5, 5.41) is 0. The van der Waals surface area contributed by atoms with E-state index in [1.54, 1.807) is 0 Å². The fourth-order valence-electron chi connectivity index (χ4n) is 0. The van der Waals surface area contributed by atoms with Gasteiger partial charge in [0, 0.05) is 5.70 Å². The van der Waals surface area contributed by atoms with Crippen LogP contribution in [0.5, 0.6) is 0 Å². The van der Waals surface area contributed by atoms with E-state index in [1.807, 2.05) is 33.8 Å². The molecule has 0 fully saturated rings. The van der Waals surface area contributed by atoms with Crippen molar-refractivity contribution >= 4 is 0 Å². The molecule has 0 aliphatic heterocycles. The van der Waals surface area contributed by atoms with E-state index >= 15 is 0 Å². The molecule has 0 radical (unpaired) electrons. The minimum Gasteiger partial charge on any atom is -0.405 e. The summed E-state index contributed by atoms with van der Waals surface area (Å²) in [6.45, 7) is 10.9. The van der Waals surface area contributed by atoms with Crippen molar-refractivity contribution in [3.8, 4) is 0 Å². The van der Waals surface area contributed by atoms with Crippen molar-refractivity contribution in [2.75, 3.05) is 0 Å². The monoisotopic (exact) mass is 144 g/mol. The van der Waals surface area contributed by atoms with Gasteiger partial charge >= 0.3 is 0 Å². The molecule has 10 heavy (non-hydrogen) atoms. The number of hydrogen-bond acceptors (Lipinski definition) is 2. The lowest BCUT2D eigenvalue weighted by Gasteiger charge is -1.76. The van der Waals surface area contributed by atoms with E-state index in [-0.39, 0.29) is 0 Å². The van der Waals surface area contributed by atoms with Crippen molar-refractivity contribution in [2.24, 2.45) is 11.5 Å². The minimum absolute atomic E-state index is 0.880. The first-order valence-corrected chi connectivity index (χ1v) is 3.40. The average Bonchev–Trinajstić information content (AvgIpc) is 1.94. The van der Waals surface area contributed by atoms with Crippen LogP contribution in [-0.4, -0.2) is 0 Å². The lowest BCUT2D eigenvalue weighted by molar-refractivity contribution is 1.29. The smallest absolute Gasteiger partial charge is 0.000552 e. The maximum absolute atomic E-state index is 5.15. The van der Waals surface area contributed by atoms with Gasteiger partial charge in [0.1, 0.15) is 0 Å². The summed E-state index contributed by atoms with van der Waals surface area (Å²) in [4.78, 5) is 0. The molecule has 0 aromatic heterocycles. The third kappa shape index (κ3) is 224. The van der Waals surface area contributed by atoms with Gasteiger partial charge in [0.2, 0.25) is 0 Å². The minimum atomic E-state index is 0.880. The summed E-state index contributed by atoms with van der Waals surface area (Å²) in [5.41, 5.74) is 10.6. The predicted octanol–water partition coefficient (Wildman–Crippen LogP) is 1.98. The Morgan fingerprint density at radius 2 is 1.50 bits per heavy atom. The molecule has 0 atom stereocenters. The molecule has 0 aromatic carbocycles. The van der Waals surface area contributed by atoms with Gasteiger partial charge in [-0.15, -0.1) is 0 Å². The maximum atomic E-state index is 5.15. The van der Waals surface area contributed by atoms with Gasteiger partial charge in [-0.1, -0.05) is 26.5 Å². The van der Waals surface area contributed by atoms with Crippen molar-refractivity contribution < 1.29 is 0 Å². The molecule has 0 saturated heterocycles. The first-order valence-electron chi connectivity index (χ1n) is 3.40. The molecule has 0 bridgehead atoms. The molecule has 0 saturated carbocycles. The van der Waals surface area contributed by atoms with Gasteiger partial charge in [0.25, 0.3) is 0 Å². The van der Waals surface area contributed by atoms with Crippen molar-refractivity contribution in [1.82, 2.24) is 0 Å². The second-order valence-corrected chi connectivity index (χ2v) is 1.27. The molecule has 62 valence electrons. The topological polar surface area (TPSA) is 52.0 Å². The summed E-state index contributed by atoms with van der Waals surface area (Å²) < 4.78 is 0. The van der Waals surface area contributed by atoms with Crippen LogP contribution in [0.15, 0.2) is 24.6 Å². The van der Waals surface area contributed by atoms with Crippen LogP contribution < -0.4 is 11.5 Å². The van der Waals surface area contributed by atoms with Gasteiger partial charge in [-0.25, -0.2) is 0 Å². The maximum Gasteiger partial charge on any atom is 0.000552 e. The van der Waals surface area contributed by atoms with Gasteiger partial charge in [-0.3, -0.25) is 0 Å². The number of rotatable bonds is 0. The molecule has 0 unspecified atom stereocenters. The SMILES string of the molecule is C/C=C(/C)N.C=CN.CC. The van der Waals surface area contributed by atoms with Gasteiger partial charge in [-0.2, -0.15) is 0 Å². The molecular weight excluding hydrogens is 124 g/mol. The Hall–Kier alpha value is -0.920. The fraction of sp³-hybridized carbons (Fsp3) is 0.500. The molecule has 0 aliphatic rings. The highest BCUT2D eigenvalue weighted by Crippen LogP contribution is 1.71. The Bertz CT molecular complexity index is 71.3. The van der Waals surface area contributed by atoms with E-state index in [0.29, 0.717) is 0 Å². The molecular formula is C8H20N2. The van der Waals surface area contributed by atoms with E-state index < -0.39 is 0 Å². The van der Waals surface area contributed by atoms with Gasteiger partial charge in [0.15, 0.2) is 0 Å². The molecule has 0 aromatic rings. The third-order valence-electron chi connectivity index (χ3n) is 0.455. The van der Waals surface area contributed by atoms with Crippen molar-refractivity contribution in [3.63, 3.8) is 0 Å². The Labute approximate surface area is 64.6 Å². The second-order valence-electron chi connectivity index (χ2n) is 1.27. The molecule has 0 aliphatic carbocycles. The van der Waals surface area contributed by atoms with Crippen LogP contribution in [0.4, 0.5) is 0 Å². The molecule has 2 nitrogen and oxygen atoms in total. The summed E-state index contributed by atoms with van der Waals surface area (Å²) in [5.74, 6) is 0. The Balaban J connectivity index is -0.0000000847. The molecule has 2 heteroatoms. The normalized spacial score (nSPS) is 7.80. The quantitative estimate of drug-likeness (QED) is 0.546. The van der Waals surface area contributed by atoms with Crippen LogP contribution in [0.25, 0.3) is 0 Å². The van der Waals surface area contributed by atoms with Gasteiger partial charge in [-0.05, 0) is 20.0 Å².